The van der Waals surface area contributed by atoms with Gasteiger partial charge in [0, 0.05) is 17.1 Å². The lowest BCUT2D eigenvalue weighted by Gasteiger charge is -2.17. The Morgan fingerprint density at radius 1 is 1.35 bits per heavy atom. The van der Waals surface area contributed by atoms with E-state index >= 15 is 0 Å². The molecule has 1 aromatic heterocycles. The lowest BCUT2D eigenvalue weighted by atomic mass is 10.0. The van der Waals surface area contributed by atoms with Crippen molar-refractivity contribution in [3.63, 3.8) is 0 Å². The average Bonchev–Trinajstić information content (AvgIpc) is 2.95. The van der Waals surface area contributed by atoms with Gasteiger partial charge in [0.05, 0.1) is 5.51 Å². The van der Waals surface area contributed by atoms with Gasteiger partial charge in [-0.15, -0.1) is 11.3 Å². The second-order valence-corrected chi connectivity index (χ2v) is 6.32. The number of nitrogens with zero attached hydrogens (tertiary/aromatic N) is 1. The molecule has 1 aromatic carbocycles. The van der Waals surface area contributed by atoms with Gasteiger partial charge in [0.2, 0.25) is 0 Å². The lowest BCUT2D eigenvalue weighted by molar-refractivity contribution is 0.480. The highest BCUT2D eigenvalue weighted by Crippen LogP contribution is 2.14. The van der Waals surface area contributed by atoms with Crippen molar-refractivity contribution in [3.8, 4) is 0 Å². The van der Waals surface area contributed by atoms with E-state index in [1.807, 2.05) is 11.7 Å². The van der Waals surface area contributed by atoms with Crippen LogP contribution in [0.3, 0.4) is 0 Å². The van der Waals surface area contributed by atoms with Gasteiger partial charge < -0.3 is 5.32 Å². The zero-order valence-electron chi connectivity index (χ0n) is 12.4. The van der Waals surface area contributed by atoms with Crippen LogP contribution in [0.15, 0.2) is 36.0 Å². The van der Waals surface area contributed by atoms with Gasteiger partial charge in [-0.2, -0.15) is 0 Å². The summed E-state index contributed by atoms with van der Waals surface area (Å²) in [7, 11) is 0. The third kappa shape index (κ3) is 5.06. The van der Waals surface area contributed by atoms with Crippen LogP contribution < -0.4 is 5.32 Å². The molecular weight excluding hydrogens is 264 g/mol. The van der Waals surface area contributed by atoms with Gasteiger partial charge in [-0.3, -0.25) is 4.98 Å². The van der Waals surface area contributed by atoms with Gasteiger partial charge in [-0.1, -0.05) is 36.8 Å². The Morgan fingerprint density at radius 3 is 2.95 bits per heavy atom. The summed E-state index contributed by atoms with van der Waals surface area (Å²) in [6, 6.07) is 9.40. The van der Waals surface area contributed by atoms with Crippen LogP contribution in [0, 0.1) is 6.92 Å². The molecule has 1 unspecified atom stereocenters. The summed E-state index contributed by atoms with van der Waals surface area (Å²) in [6.45, 7) is 5.47. The minimum absolute atomic E-state index is 0.552. The van der Waals surface area contributed by atoms with Crippen molar-refractivity contribution in [2.75, 3.05) is 6.54 Å². The zero-order chi connectivity index (χ0) is 14.2. The molecule has 0 bridgehead atoms. The summed E-state index contributed by atoms with van der Waals surface area (Å²) in [5.74, 6) is 0. The van der Waals surface area contributed by atoms with E-state index < -0.39 is 0 Å². The maximum atomic E-state index is 4.18. The van der Waals surface area contributed by atoms with Crippen LogP contribution in [0.25, 0.3) is 0 Å². The largest absolute Gasteiger partial charge is 0.314 e. The Morgan fingerprint density at radius 2 is 2.25 bits per heavy atom. The number of benzene rings is 1. The molecule has 0 saturated carbocycles. The Kier molecular flexibility index (Phi) is 6.22. The monoisotopic (exact) mass is 288 g/mol. The van der Waals surface area contributed by atoms with E-state index in [0.29, 0.717) is 6.04 Å². The van der Waals surface area contributed by atoms with Crippen LogP contribution in [0.4, 0.5) is 0 Å². The molecule has 2 rings (SSSR count). The fourth-order valence-corrected chi connectivity index (χ4v) is 3.10. The van der Waals surface area contributed by atoms with Gasteiger partial charge in [-0.25, -0.2) is 0 Å². The molecule has 0 radical (unpaired) electrons. The number of thiazole rings is 1. The highest BCUT2D eigenvalue weighted by atomic mass is 32.1. The van der Waals surface area contributed by atoms with E-state index in [9.17, 15) is 0 Å². The quantitative estimate of drug-likeness (QED) is 0.794. The maximum absolute atomic E-state index is 4.18. The van der Waals surface area contributed by atoms with Crippen LogP contribution >= 0.6 is 11.3 Å². The topological polar surface area (TPSA) is 24.9 Å². The molecule has 0 aliphatic heterocycles. The summed E-state index contributed by atoms with van der Waals surface area (Å²) < 4.78 is 0. The first-order valence-electron chi connectivity index (χ1n) is 7.44. The first kappa shape index (κ1) is 15.2. The lowest BCUT2D eigenvalue weighted by Crippen LogP contribution is -2.32. The first-order chi connectivity index (χ1) is 9.78. The van der Waals surface area contributed by atoms with E-state index in [1.165, 1.54) is 28.8 Å². The van der Waals surface area contributed by atoms with Crippen LogP contribution in [-0.4, -0.2) is 17.6 Å². The van der Waals surface area contributed by atoms with Crippen LogP contribution in [0.2, 0.25) is 0 Å². The van der Waals surface area contributed by atoms with Crippen molar-refractivity contribution >= 4 is 11.3 Å². The van der Waals surface area contributed by atoms with Gasteiger partial charge in [0.25, 0.3) is 0 Å². The van der Waals surface area contributed by atoms with Crippen molar-refractivity contribution in [2.45, 2.75) is 45.6 Å². The SMILES string of the molecule is CCCNC(CCc1cccc(C)c1)Cc1cncs1. The molecule has 0 amide bonds. The van der Waals surface area contributed by atoms with Crippen molar-refractivity contribution in [3.05, 3.63) is 52.0 Å². The molecule has 2 nitrogen and oxygen atoms in total. The van der Waals surface area contributed by atoms with E-state index in [-0.39, 0.29) is 0 Å². The van der Waals surface area contributed by atoms with Crippen LogP contribution in [0.5, 0.6) is 0 Å². The van der Waals surface area contributed by atoms with Gasteiger partial charge in [0.15, 0.2) is 0 Å². The normalized spacial score (nSPS) is 12.5. The van der Waals surface area contributed by atoms with Gasteiger partial charge >= 0.3 is 0 Å². The van der Waals surface area contributed by atoms with Crippen molar-refractivity contribution in [1.82, 2.24) is 10.3 Å². The Bertz CT molecular complexity index is 493. The first-order valence-corrected chi connectivity index (χ1v) is 8.32. The molecule has 20 heavy (non-hydrogen) atoms. The number of nitrogens with one attached hydrogen (secondary N) is 1. The Balaban J connectivity index is 1.89. The maximum Gasteiger partial charge on any atom is 0.0794 e. The molecule has 0 spiro atoms. The molecule has 1 N–H and O–H groups in total. The van der Waals surface area contributed by atoms with E-state index in [0.717, 1.165) is 19.4 Å². The summed E-state index contributed by atoms with van der Waals surface area (Å²) in [5, 5.41) is 3.67. The molecule has 1 atom stereocenters. The molecular formula is C17H24N2S. The van der Waals surface area contributed by atoms with Crippen molar-refractivity contribution in [2.24, 2.45) is 0 Å². The second-order valence-electron chi connectivity index (χ2n) is 5.35. The Hall–Kier alpha value is -1.19. The fourth-order valence-electron chi connectivity index (χ4n) is 2.42. The van der Waals surface area contributed by atoms with Crippen LogP contribution in [-0.2, 0) is 12.8 Å². The smallest absolute Gasteiger partial charge is 0.0794 e. The number of rotatable bonds is 8. The van der Waals surface area contributed by atoms with E-state index in [4.69, 9.17) is 0 Å². The standard InChI is InChI=1S/C17H24N2S/c1-3-9-19-16(11-17-12-18-13-20-17)8-7-15-6-4-5-14(2)10-15/h4-6,10,12-13,16,19H,3,7-9,11H2,1-2H3. The van der Waals surface area contributed by atoms with Crippen molar-refractivity contribution in [1.29, 1.82) is 0 Å². The highest BCUT2D eigenvalue weighted by Gasteiger charge is 2.10. The average molecular weight is 288 g/mol. The van der Waals surface area contributed by atoms with Gasteiger partial charge in [0.1, 0.15) is 0 Å². The predicted molar refractivity (Wildman–Crippen MR) is 87.4 cm³/mol. The zero-order valence-corrected chi connectivity index (χ0v) is 13.2. The molecule has 0 saturated heterocycles. The Labute approximate surface area is 126 Å². The molecule has 0 aliphatic rings. The molecule has 108 valence electrons. The summed E-state index contributed by atoms with van der Waals surface area (Å²) >= 11 is 1.76. The fraction of sp³-hybridized carbons (Fsp3) is 0.471. The number of aryl methyl sites for hydroxylation is 2. The van der Waals surface area contributed by atoms with E-state index in [2.05, 4.69) is 48.4 Å². The number of aromatic nitrogens is 1. The third-order valence-electron chi connectivity index (χ3n) is 3.48. The molecule has 1 heterocycles. The van der Waals surface area contributed by atoms with Crippen LogP contribution in [0.1, 0.15) is 35.8 Å². The predicted octanol–water partition coefficient (Wildman–Crippen LogP) is 4.00. The van der Waals surface area contributed by atoms with Crippen molar-refractivity contribution < 1.29 is 0 Å². The summed E-state index contributed by atoms with van der Waals surface area (Å²) in [4.78, 5) is 5.55. The van der Waals surface area contributed by atoms with E-state index in [1.54, 1.807) is 11.3 Å². The molecule has 0 fully saturated rings. The molecule has 3 heteroatoms. The van der Waals surface area contributed by atoms with Gasteiger partial charge in [-0.05, 0) is 44.7 Å². The molecule has 2 aromatic rings. The molecule has 0 aliphatic carbocycles. The summed E-state index contributed by atoms with van der Waals surface area (Å²) in [6.07, 6.45) is 6.60. The summed E-state index contributed by atoms with van der Waals surface area (Å²) in [5.41, 5.74) is 4.72. The number of hydrogen-bond donors (Lipinski definition) is 1. The minimum atomic E-state index is 0.552. The highest BCUT2D eigenvalue weighted by molar-refractivity contribution is 7.09. The minimum Gasteiger partial charge on any atom is -0.314 e. The second kappa shape index (κ2) is 8.18. The third-order valence-corrected chi connectivity index (χ3v) is 4.28. The number of hydrogen-bond acceptors (Lipinski definition) is 3.